The monoisotopic (exact) mass is 400 g/mol. The number of ether oxygens (including phenoxy) is 2. The van der Waals surface area contributed by atoms with Crippen LogP contribution in [0.5, 0.6) is 17.2 Å². The van der Waals surface area contributed by atoms with Crippen LogP contribution in [0.4, 0.5) is 4.39 Å². The fourth-order valence-corrected chi connectivity index (χ4v) is 4.39. The Hall–Kier alpha value is -2.64. The first-order valence-corrected chi connectivity index (χ1v) is 9.85. The molecule has 0 aromatic heterocycles. The minimum absolute atomic E-state index is 0.0336. The molecule has 1 amide bonds. The molecule has 0 radical (unpaired) electrons. The van der Waals surface area contributed by atoms with E-state index in [9.17, 15) is 14.3 Å². The van der Waals surface area contributed by atoms with Gasteiger partial charge in [0.15, 0.2) is 23.1 Å². The van der Waals surface area contributed by atoms with E-state index in [0.717, 1.165) is 12.8 Å². The van der Waals surface area contributed by atoms with Gasteiger partial charge in [0.25, 0.3) is 5.91 Å². The molecule has 3 atom stereocenters. The second kappa shape index (κ2) is 8.00. The Balaban J connectivity index is 1.61. The first kappa shape index (κ1) is 19.7. The van der Waals surface area contributed by atoms with Crippen LogP contribution in [0.25, 0.3) is 0 Å². The molecule has 4 rings (SSSR count). The Morgan fingerprint density at radius 2 is 1.83 bits per heavy atom. The summed E-state index contributed by atoms with van der Waals surface area (Å²) in [5, 5.41) is 9.98. The van der Waals surface area contributed by atoms with Crippen molar-refractivity contribution in [2.75, 3.05) is 7.11 Å². The van der Waals surface area contributed by atoms with Gasteiger partial charge in [0.1, 0.15) is 0 Å². The normalized spacial score (nSPS) is 23.2. The first-order chi connectivity index (χ1) is 14.0. The smallest absolute Gasteiger partial charge is 0.254 e. The van der Waals surface area contributed by atoms with Crippen LogP contribution >= 0.6 is 0 Å². The third-order valence-electron chi connectivity index (χ3n) is 5.81. The van der Waals surface area contributed by atoms with Gasteiger partial charge in [0.2, 0.25) is 0 Å². The minimum Gasteiger partial charge on any atom is -0.493 e. The lowest BCUT2D eigenvalue weighted by molar-refractivity contribution is 0.0286. The quantitative estimate of drug-likeness (QED) is 0.805. The molecule has 2 aliphatic heterocycles. The maximum Gasteiger partial charge on any atom is 0.254 e. The van der Waals surface area contributed by atoms with Crippen molar-refractivity contribution in [2.45, 2.75) is 50.4 Å². The molecule has 2 bridgehead atoms. The predicted molar refractivity (Wildman–Crippen MR) is 106 cm³/mol. The van der Waals surface area contributed by atoms with Crippen LogP contribution in [0, 0.1) is 5.82 Å². The third kappa shape index (κ3) is 3.80. The molecule has 2 aromatic rings. The molecule has 1 unspecified atom stereocenters. The van der Waals surface area contributed by atoms with Crippen molar-refractivity contribution in [3.05, 3.63) is 53.3 Å². The van der Waals surface area contributed by atoms with Crippen LogP contribution in [0.15, 0.2) is 36.4 Å². The number of rotatable bonds is 5. The van der Waals surface area contributed by atoms with E-state index in [4.69, 9.17) is 15.2 Å². The summed E-state index contributed by atoms with van der Waals surface area (Å²) in [4.78, 5) is 15.1. The number of piperidine rings is 1. The molecule has 154 valence electrons. The number of amides is 1. The highest BCUT2D eigenvalue weighted by molar-refractivity contribution is 5.95. The molecule has 6 nitrogen and oxygen atoms in total. The Bertz CT molecular complexity index is 906. The average molecular weight is 400 g/mol. The van der Waals surface area contributed by atoms with Gasteiger partial charge in [-0.15, -0.1) is 0 Å². The van der Waals surface area contributed by atoms with Crippen molar-refractivity contribution >= 4 is 5.91 Å². The molecule has 29 heavy (non-hydrogen) atoms. The Labute approximate surface area is 169 Å². The maximum absolute atomic E-state index is 14.3. The van der Waals surface area contributed by atoms with Gasteiger partial charge in [-0.25, -0.2) is 4.39 Å². The molecular formula is C22H25FN2O4. The maximum atomic E-state index is 14.3. The van der Waals surface area contributed by atoms with Gasteiger partial charge < -0.3 is 25.2 Å². The van der Waals surface area contributed by atoms with Gasteiger partial charge in [-0.2, -0.15) is 0 Å². The van der Waals surface area contributed by atoms with Crippen molar-refractivity contribution in [1.82, 2.24) is 4.90 Å². The van der Waals surface area contributed by atoms with E-state index in [1.54, 1.807) is 24.3 Å². The Kier molecular flexibility index (Phi) is 5.43. The first-order valence-electron chi connectivity index (χ1n) is 9.85. The highest BCUT2D eigenvalue weighted by Gasteiger charge is 2.43. The Morgan fingerprint density at radius 3 is 2.45 bits per heavy atom. The van der Waals surface area contributed by atoms with Crippen LogP contribution in [0.2, 0.25) is 0 Å². The zero-order chi connectivity index (χ0) is 20.5. The average Bonchev–Trinajstić information content (AvgIpc) is 2.99. The number of nitrogens with two attached hydrogens (primary N) is 1. The standard InChI is InChI=1S/C22H25FN2O4/c1-28-20-7-3-14(22(27)25-15-4-5-16(25)11-17(26)10-15)9-21(20)29-19-6-2-13(12-24)8-18(19)23/h2-3,6-9,15-17,26H,4-5,10-12,24H2,1H3/t15-,16+,17?. The zero-order valence-electron chi connectivity index (χ0n) is 16.3. The van der Waals surface area contributed by atoms with E-state index in [-0.39, 0.29) is 42.1 Å². The second-order valence-corrected chi connectivity index (χ2v) is 7.66. The van der Waals surface area contributed by atoms with Gasteiger partial charge >= 0.3 is 0 Å². The number of aliphatic hydroxyl groups excluding tert-OH is 1. The number of fused-ring (bicyclic) bond motifs is 2. The lowest BCUT2D eigenvalue weighted by Gasteiger charge is -2.37. The third-order valence-corrected chi connectivity index (χ3v) is 5.81. The van der Waals surface area contributed by atoms with Gasteiger partial charge in [0.05, 0.1) is 13.2 Å². The molecule has 2 heterocycles. The van der Waals surface area contributed by atoms with E-state index >= 15 is 0 Å². The second-order valence-electron chi connectivity index (χ2n) is 7.66. The SMILES string of the molecule is COc1ccc(C(=O)N2[C@@H]3CC[C@H]2CC(O)C3)cc1Oc1ccc(CN)cc1F. The number of nitrogens with zero attached hydrogens (tertiary/aromatic N) is 1. The summed E-state index contributed by atoms with van der Waals surface area (Å²) in [6, 6.07) is 9.57. The van der Waals surface area contributed by atoms with Crippen LogP contribution < -0.4 is 15.2 Å². The molecule has 0 aliphatic carbocycles. The molecule has 3 N–H and O–H groups in total. The van der Waals surface area contributed by atoms with Crippen LogP contribution in [-0.4, -0.2) is 41.2 Å². The number of halogens is 1. The van der Waals surface area contributed by atoms with Crippen molar-refractivity contribution in [3.63, 3.8) is 0 Å². The van der Waals surface area contributed by atoms with E-state index in [2.05, 4.69) is 0 Å². The number of methoxy groups -OCH3 is 1. The molecule has 0 spiro atoms. The molecule has 7 heteroatoms. The summed E-state index contributed by atoms with van der Waals surface area (Å²) in [7, 11) is 1.49. The summed E-state index contributed by atoms with van der Waals surface area (Å²) >= 11 is 0. The van der Waals surface area contributed by atoms with E-state index < -0.39 is 5.82 Å². The van der Waals surface area contributed by atoms with Gasteiger partial charge in [-0.1, -0.05) is 6.07 Å². The minimum atomic E-state index is -0.533. The van der Waals surface area contributed by atoms with Crippen molar-refractivity contribution in [3.8, 4) is 17.2 Å². The largest absolute Gasteiger partial charge is 0.493 e. The molecule has 2 aromatic carbocycles. The topological polar surface area (TPSA) is 85.0 Å². The summed E-state index contributed by atoms with van der Waals surface area (Å²) < 4.78 is 25.4. The molecular weight excluding hydrogens is 375 g/mol. The number of carbonyl (C=O) groups excluding carboxylic acids is 1. The van der Waals surface area contributed by atoms with Crippen LogP contribution in [0.1, 0.15) is 41.6 Å². The van der Waals surface area contributed by atoms with Crippen LogP contribution in [-0.2, 0) is 6.54 Å². The summed E-state index contributed by atoms with van der Waals surface area (Å²) in [5.41, 5.74) is 6.65. The van der Waals surface area contributed by atoms with Gasteiger partial charge in [0, 0.05) is 24.2 Å². The number of carbonyl (C=O) groups is 1. The van der Waals surface area contributed by atoms with Crippen molar-refractivity contribution in [2.24, 2.45) is 5.73 Å². The van der Waals surface area contributed by atoms with E-state index in [1.807, 2.05) is 4.90 Å². The molecule has 2 saturated heterocycles. The Morgan fingerprint density at radius 1 is 1.14 bits per heavy atom. The van der Waals surface area contributed by atoms with E-state index in [0.29, 0.717) is 29.7 Å². The predicted octanol–water partition coefficient (Wildman–Crippen LogP) is 3.21. The summed E-state index contributed by atoms with van der Waals surface area (Å²) in [6.07, 6.45) is 2.70. The van der Waals surface area contributed by atoms with Crippen LogP contribution in [0.3, 0.4) is 0 Å². The lowest BCUT2D eigenvalue weighted by Crippen LogP contribution is -2.48. The lowest BCUT2D eigenvalue weighted by atomic mass is 9.98. The molecule has 2 fully saturated rings. The summed E-state index contributed by atoms with van der Waals surface area (Å²) in [5.74, 6) is 0.0694. The highest BCUT2D eigenvalue weighted by atomic mass is 19.1. The highest BCUT2D eigenvalue weighted by Crippen LogP contribution is 2.39. The van der Waals surface area contributed by atoms with Crippen molar-refractivity contribution in [1.29, 1.82) is 0 Å². The number of hydrogen-bond acceptors (Lipinski definition) is 5. The van der Waals surface area contributed by atoms with Gasteiger partial charge in [-0.3, -0.25) is 4.79 Å². The number of aliphatic hydroxyl groups is 1. The van der Waals surface area contributed by atoms with E-state index in [1.165, 1.54) is 19.2 Å². The van der Waals surface area contributed by atoms with Gasteiger partial charge in [-0.05, 0) is 61.6 Å². The number of benzene rings is 2. The fourth-order valence-electron chi connectivity index (χ4n) is 4.39. The molecule has 0 saturated carbocycles. The zero-order valence-corrected chi connectivity index (χ0v) is 16.3. The number of hydrogen-bond donors (Lipinski definition) is 2. The van der Waals surface area contributed by atoms with Crippen molar-refractivity contribution < 1.29 is 23.8 Å². The summed E-state index contributed by atoms with van der Waals surface area (Å²) in [6.45, 7) is 0.234. The molecule has 2 aliphatic rings. The fraction of sp³-hybridized carbons (Fsp3) is 0.409.